The van der Waals surface area contributed by atoms with E-state index < -0.39 is 23.7 Å². The van der Waals surface area contributed by atoms with Gasteiger partial charge < -0.3 is 9.47 Å². The molecule has 0 aromatic heterocycles. The average molecular weight is 638 g/mol. The van der Waals surface area contributed by atoms with E-state index >= 15 is 0 Å². The Balaban J connectivity index is 1.73. The molecule has 174 valence electrons. The first-order valence-corrected chi connectivity index (χ1v) is 12.7. The molecule has 0 N–H and O–H groups in total. The third kappa shape index (κ3) is 6.76. The van der Waals surface area contributed by atoms with Gasteiger partial charge >= 0.3 is 5.97 Å². The van der Waals surface area contributed by atoms with E-state index in [1.165, 1.54) is 0 Å². The maximum atomic E-state index is 12.6. The molecule has 2 amide bonds. The van der Waals surface area contributed by atoms with Crippen LogP contribution in [-0.4, -0.2) is 34.7 Å². The quantitative estimate of drug-likeness (QED) is 0.239. The van der Waals surface area contributed by atoms with Crippen molar-refractivity contribution in [3.05, 3.63) is 65.4 Å². The van der Waals surface area contributed by atoms with Crippen molar-refractivity contribution in [1.82, 2.24) is 4.90 Å². The maximum Gasteiger partial charge on any atom is 0.326 e. The predicted molar refractivity (Wildman–Crippen MR) is 137 cm³/mol. The van der Waals surface area contributed by atoms with Gasteiger partial charge in [0.25, 0.3) is 11.1 Å². The van der Waals surface area contributed by atoms with Gasteiger partial charge in [0.15, 0.2) is 0 Å². The van der Waals surface area contributed by atoms with E-state index in [0.29, 0.717) is 30.3 Å². The van der Waals surface area contributed by atoms with Gasteiger partial charge in [-0.2, -0.15) is 0 Å². The predicted octanol–water partition coefficient (Wildman–Crippen LogP) is 7.09. The average Bonchev–Trinajstić information content (AvgIpc) is 2.96. The Morgan fingerprint density at radius 3 is 2.39 bits per heavy atom. The van der Waals surface area contributed by atoms with Crippen molar-refractivity contribution in [3.8, 4) is 5.75 Å². The summed E-state index contributed by atoms with van der Waals surface area (Å²) in [4.78, 5) is 37.8. The molecule has 3 rings (SSSR count). The number of nitrogens with zero attached hydrogens (tertiary/aromatic N) is 1. The second kappa shape index (κ2) is 11.3. The second-order valence-corrected chi connectivity index (χ2v) is 10.7. The Kier molecular flexibility index (Phi) is 8.91. The standard InChI is InChI=1S/C22H17Br2Cl2NO5S/c1-11(2)32-19(28)9-27-21(29)18(33-22(27)30)8-13-5-14(23)20(15(24)6-13)31-10-12-3-4-16(25)17(26)7-12/h3-8,11H,9-10H2,1-2H3/b18-8+. The van der Waals surface area contributed by atoms with Gasteiger partial charge in [-0.1, -0.05) is 29.3 Å². The number of ether oxygens (including phenoxy) is 2. The Labute approximate surface area is 221 Å². The normalized spacial score (nSPS) is 15.0. The summed E-state index contributed by atoms with van der Waals surface area (Å²) in [5.41, 5.74) is 1.50. The molecule has 0 saturated carbocycles. The highest BCUT2D eigenvalue weighted by Gasteiger charge is 2.36. The molecule has 1 fully saturated rings. The van der Waals surface area contributed by atoms with Crippen molar-refractivity contribution in [3.63, 3.8) is 0 Å². The zero-order valence-corrected chi connectivity index (χ0v) is 22.9. The lowest BCUT2D eigenvalue weighted by molar-refractivity contribution is -0.149. The summed E-state index contributed by atoms with van der Waals surface area (Å²) in [5.74, 6) is -0.622. The molecule has 0 aliphatic carbocycles. The van der Waals surface area contributed by atoms with Gasteiger partial charge in [-0.3, -0.25) is 19.3 Å². The molecule has 1 aliphatic rings. The van der Waals surface area contributed by atoms with Crippen LogP contribution in [0.4, 0.5) is 4.79 Å². The van der Waals surface area contributed by atoms with Crippen LogP contribution in [0.2, 0.25) is 10.0 Å². The van der Waals surface area contributed by atoms with Gasteiger partial charge in [-0.25, -0.2) is 0 Å². The number of carbonyl (C=O) groups is 3. The molecular formula is C22H17Br2Cl2NO5S. The molecule has 1 aliphatic heterocycles. The first-order chi connectivity index (χ1) is 15.5. The Bertz CT molecular complexity index is 1130. The van der Waals surface area contributed by atoms with Gasteiger partial charge in [0.1, 0.15) is 18.9 Å². The lowest BCUT2D eigenvalue weighted by Gasteiger charge is -2.13. The maximum absolute atomic E-state index is 12.6. The molecule has 0 unspecified atom stereocenters. The fourth-order valence-corrected chi connectivity index (χ4v) is 5.41. The fourth-order valence-electron chi connectivity index (χ4n) is 2.80. The molecule has 6 nitrogen and oxygen atoms in total. The number of hydrogen-bond acceptors (Lipinski definition) is 6. The van der Waals surface area contributed by atoms with E-state index in [4.69, 9.17) is 32.7 Å². The minimum atomic E-state index is -0.637. The summed E-state index contributed by atoms with van der Waals surface area (Å²) in [6.45, 7) is 3.23. The smallest absolute Gasteiger partial charge is 0.326 e. The Hall–Kier alpha value is -1.52. The van der Waals surface area contributed by atoms with Gasteiger partial charge in [0.2, 0.25) is 0 Å². The van der Waals surface area contributed by atoms with Gasteiger partial charge in [-0.05, 0) is 98.9 Å². The number of carbonyl (C=O) groups excluding carboxylic acids is 3. The number of benzene rings is 2. The molecule has 11 heteroatoms. The molecular weight excluding hydrogens is 621 g/mol. The molecule has 0 atom stereocenters. The van der Waals surface area contributed by atoms with Crippen molar-refractivity contribution in [2.75, 3.05) is 6.54 Å². The van der Waals surface area contributed by atoms with Crippen LogP contribution in [0.15, 0.2) is 44.2 Å². The summed E-state index contributed by atoms with van der Waals surface area (Å²) in [7, 11) is 0. The van der Waals surface area contributed by atoms with Gasteiger partial charge in [-0.15, -0.1) is 0 Å². The summed E-state index contributed by atoms with van der Waals surface area (Å²) in [5, 5.41) is 0.387. The van der Waals surface area contributed by atoms with Crippen molar-refractivity contribution >= 4 is 90.0 Å². The number of hydrogen-bond donors (Lipinski definition) is 0. The van der Waals surface area contributed by atoms with Crippen LogP contribution in [0.5, 0.6) is 5.75 Å². The summed E-state index contributed by atoms with van der Waals surface area (Å²) >= 11 is 19.7. The SMILES string of the molecule is CC(C)OC(=O)CN1C(=O)S/C(=C/c2cc(Br)c(OCc3ccc(Cl)c(Cl)c3)c(Br)c2)C1=O. The molecule has 2 aromatic rings. The number of rotatable bonds is 7. The van der Waals surface area contributed by atoms with Crippen molar-refractivity contribution in [1.29, 1.82) is 0 Å². The van der Waals surface area contributed by atoms with E-state index in [-0.39, 0.29) is 17.6 Å². The van der Waals surface area contributed by atoms with E-state index in [0.717, 1.165) is 22.2 Å². The van der Waals surface area contributed by atoms with Crippen LogP contribution in [0.25, 0.3) is 6.08 Å². The molecule has 0 radical (unpaired) electrons. The summed E-state index contributed by atoms with van der Waals surface area (Å²) < 4.78 is 12.2. The minimum Gasteiger partial charge on any atom is -0.487 e. The van der Waals surface area contributed by atoms with E-state index in [9.17, 15) is 14.4 Å². The van der Waals surface area contributed by atoms with Crippen molar-refractivity contribution < 1.29 is 23.9 Å². The number of halogens is 4. The van der Waals surface area contributed by atoms with Crippen LogP contribution in [-0.2, 0) is 20.9 Å². The number of imide groups is 1. The van der Waals surface area contributed by atoms with E-state index in [1.807, 2.05) is 6.07 Å². The van der Waals surface area contributed by atoms with Crippen LogP contribution in [0.3, 0.4) is 0 Å². The highest BCUT2D eigenvalue weighted by atomic mass is 79.9. The molecule has 1 saturated heterocycles. The monoisotopic (exact) mass is 635 g/mol. The van der Waals surface area contributed by atoms with Gasteiger partial charge in [0.05, 0.1) is 30.0 Å². The number of amides is 2. The van der Waals surface area contributed by atoms with E-state index in [1.54, 1.807) is 44.2 Å². The lowest BCUT2D eigenvalue weighted by Crippen LogP contribution is -2.35. The largest absolute Gasteiger partial charge is 0.487 e. The lowest BCUT2D eigenvalue weighted by atomic mass is 10.2. The molecule has 1 heterocycles. The highest BCUT2D eigenvalue weighted by molar-refractivity contribution is 9.11. The van der Waals surface area contributed by atoms with Crippen LogP contribution in [0, 0.1) is 0 Å². The zero-order valence-electron chi connectivity index (χ0n) is 17.4. The van der Waals surface area contributed by atoms with Crippen molar-refractivity contribution in [2.45, 2.75) is 26.6 Å². The number of esters is 1. The fraction of sp³-hybridized carbons (Fsp3) is 0.227. The molecule has 0 spiro atoms. The Morgan fingerprint density at radius 1 is 1.12 bits per heavy atom. The molecule has 2 aromatic carbocycles. The highest BCUT2D eigenvalue weighted by Crippen LogP contribution is 2.38. The zero-order chi connectivity index (χ0) is 24.3. The van der Waals surface area contributed by atoms with Crippen LogP contribution in [0.1, 0.15) is 25.0 Å². The van der Waals surface area contributed by atoms with Crippen LogP contribution >= 0.6 is 66.8 Å². The summed E-state index contributed by atoms with van der Waals surface area (Å²) in [6, 6.07) is 8.77. The third-order valence-corrected chi connectivity index (χ3v) is 7.04. The second-order valence-electron chi connectivity index (χ2n) is 7.16. The first kappa shape index (κ1) is 26.1. The minimum absolute atomic E-state index is 0.209. The summed E-state index contributed by atoms with van der Waals surface area (Å²) in [6.07, 6.45) is 1.25. The Morgan fingerprint density at radius 2 is 1.79 bits per heavy atom. The topological polar surface area (TPSA) is 72.9 Å². The molecule has 33 heavy (non-hydrogen) atoms. The molecule has 0 bridgehead atoms. The van der Waals surface area contributed by atoms with E-state index in [2.05, 4.69) is 31.9 Å². The van der Waals surface area contributed by atoms with Crippen LogP contribution < -0.4 is 4.74 Å². The third-order valence-electron chi connectivity index (χ3n) is 4.21. The number of thioether (sulfide) groups is 1. The van der Waals surface area contributed by atoms with Gasteiger partial charge in [0, 0.05) is 0 Å². The first-order valence-electron chi connectivity index (χ1n) is 9.55. The van der Waals surface area contributed by atoms with Crippen molar-refractivity contribution in [2.24, 2.45) is 0 Å².